The van der Waals surface area contributed by atoms with Crippen molar-refractivity contribution in [2.24, 2.45) is 0 Å². The van der Waals surface area contributed by atoms with Crippen LogP contribution in [0.25, 0.3) is 17.1 Å². The summed E-state index contributed by atoms with van der Waals surface area (Å²) in [6.45, 7) is 1.85. The minimum atomic E-state index is -4.42. The van der Waals surface area contributed by atoms with Crippen LogP contribution in [0.3, 0.4) is 0 Å². The molecule has 0 aliphatic heterocycles. The van der Waals surface area contributed by atoms with Crippen molar-refractivity contribution in [1.82, 2.24) is 24.7 Å². The molecule has 1 aromatic carbocycles. The minimum Gasteiger partial charge on any atom is -0.496 e. The van der Waals surface area contributed by atoms with E-state index < -0.39 is 5.51 Å². The topological polar surface area (TPSA) is 78.3 Å². The molecular formula is C18H14F3N5O2S. The Hall–Kier alpha value is -3.08. The summed E-state index contributed by atoms with van der Waals surface area (Å²) in [4.78, 5) is 8.62. The highest BCUT2D eigenvalue weighted by Gasteiger charge is 2.31. The first-order valence-electron chi connectivity index (χ1n) is 8.39. The first kappa shape index (κ1) is 19.2. The number of rotatable bonds is 5. The Bertz CT molecular complexity index is 1170. The Balaban J connectivity index is 1.60. The Morgan fingerprint density at radius 2 is 2.07 bits per heavy atom. The molecule has 29 heavy (non-hydrogen) atoms. The predicted molar refractivity (Wildman–Crippen MR) is 98.7 cm³/mol. The lowest BCUT2D eigenvalue weighted by molar-refractivity contribution is -0.0328. The maximum atomic E-state index is 12.8. The van der Waals surface area contributed by atoms with E-state index in [1.807, 2.05) is 6.92 Å². The first-order valence-corrected chi connectivity index (χ1v) is 9.20. The molecule has 0 spiro atoms. The van der Waals surface area contributed by atoms with E-state index in [9.17, 15) is 13.2 Å². The zero-order valence-corrected chi connectivity index (χ0v) is 16.1. The van der Waals surface area contributed by atoms with Gasteiger partial charge in [-0.15, -0.1) is 0 Å². The number of hydrogen-bond donors (Lipinski definition) is 0. The molecule has 7 nitrogen and oxygen atoms in total. The third-order valence-electron chi connectivity index (χ3n) is 4.17. The molecule has 0 radical (unpaired) electrons. The second kappa shape index (κ2) is 7.39. The van der Waals surface area contributed by atoms with Crippen LogP contribution in [-0.2, 0) is 6.42 Å². The quantitative estimate of drug-likeness (QED) is 0.445. The first-order chi connectivity index (χ1) is 13.8. The van der Waals surface area contributed by atoms with Crippen molar-refractivity contribution in [2.75, 3.05) is 7.11 Å². The molecule has 4 rings (SSSR count). The van der Waals surface area contributed by atoms with Gasteiger partial charge in [-0.1, -0.05) is 11.2 Å². The second-order valence-corrected chi connectivity index (χ2v) is 7.19. The number of nitrogens with zero attached hydrogens (tertiary/aromatic N) is 5. The number of methoxy groups -OCH3 is 1. The van der Waals surface area contributed by atoms with E-state index in [1.54, 1.807) is 29.0 Å². The highest BCUT2D eigenvalue weighted by atomic mass is 32.2. The molecule has 0 saturated heterocycles. The number of fused-ring (bicyclic) bond motifs is 1. The Morgan fingerprint density at radius 3 is 2.83 bits per heavy atom. The maximum absolute atomic E-state index is 12.8. The van der Waals surface area contributed by atoms with E-state index >= 15 is 0 Å². The van der Waals surface area contributed by atoms with Gasteiger partial charge >= 0.3 is 5.51 Å². The van der Waals surface area contributed by atoms with Gasteiger partial charge in [0, 0.05) is 18.7 Å². The normalized spacial score (nSPS) is 11.9. The summed E-state index contributed by atoms with van der Waals surface area (Å²) in [6.07, 6.45) is 3.46. The van der Waals surface area contributed by atoms with Crippen molar-refractivity contribution in [2.45, 2.75) is 23.7 Å². The van der Waals surface area contributed by atoms with Crippen LogP contribution in [0.5, 0.6) is 5.75 Å². The van der Waals surface area contributed by atoms with Gasteiger partial charge in [0.2, 0.25) is 0 Å². The number of thioether (sulfide) groups is 1. The van der Waals surface area contributed by atoms with Gasteiger partial charge in [-0.3, -0.25) is 0 Å². The van der Waals surface area contributed by atoms with Crippen LogP contribution in [0, 0.1) is 6.92 Å². The molecule has 0 aliphatic carbocycles. The zero-order valence-electron chi connectivity index (χ0n) is 15.3. The summed E-state index contributed by atoms with van der Waals surface area (Å²) in [5.74, 6) is 0.757. The SMILES string of the molecule is COc1ccc(Cc2noc(-c3cnc4ccnn4c3C)n2)cc1SC(F)(F)F. The molecule has 11 heteroatoms. The van der Waals surface area contributed by atoms with Crippen LogP contribution < -0.4 is 4.74 Å². The summed E-state index contributed by atoms with van der Waals surface area (Å²) in [5, 5.41) is 8.13. The largest absolute Gasteiger partial charge is 0.496 e. The molecule has 0 atom stereocenters. The van der Waals surface area contributed by atoms with Crippen molar-refractivity contribution in [3.05, 3.63) is 53.7 Å². The predicted octanol–water partition coefficient (Wildman–Crippen LogP) is 4.30. The molecule has 4 aromatic rings. The fourth-order valence-corrected chi connectivity index (χ4v) is 3.57. The third-order valence-corrected chi connectivity index (χ3v) is 4.94. The number of ether oxygens (including phenoxy) is 1. The molecule has 0 bridgehead atoms. The summed E-state index contributed by atoms with van der Waals surface area (Å²) in [5.41, 5.74) is -1.71. The monoisotopic (exact) mass is 421 g/mol. The molecule has 0 N–H and O–H groups in total. The number of aryl methyl sites for hydroxylation is 1. The molecule has 3 heterocycles. The van der Waals surface area contributed by atoms with Crippen LogP contribution in [0.2, 0.25) is 0 Å². The Kier molecular flexibility index (Phi) is 4.91. The maximum Gasteiger partial charge on any atom is 0.446 e. The molecule has 0 aliphatic rings. The van der Waals surface area contributed by atoms with Gasteiger partial charge in [-0.2, -0.15) is 23.3 Å². The van der Waals surface area contributed by atoms with Gasteiger partial charge in [0.1, 0.15) is 5.75 Å². The van der Waals surface area contributed by atoms with E-state index in [0.29, 0.717) is 22.6 Å². The smallest absolute Gasteiger partial charge is 0.446 e. The molecule has 3 aromatic heterocycles. The number of halogens is 3. The average molecular weight is 421 g/mol. The summed E-state index contributed by atoms with van der Waals surface area (Å²) in [7, 11) is 1.33. The van der Waals surface area contributed by atoms with Crippen LogP contribution in [0.4, 0.5) is 13.2 Å². The van der Waals surface area contributed by atoms with Crippen LogP contribution in [-0.4, -0.2) is 37.4 Å². The second-order valence-electron chi connectivity index (χ2n) is 6.08. The standard InChI is InChI=1S/C18H14F3N5O2S/c1-10-12(9-22-16-5-6-23-26(10)16)17-24-15(25-28-17)8-11-3-4-13(27-2)14(7-11)29-18(19,20)21/h3-7,9H,8H2,1-2H3. The highest BCUT2D eigenvalue weighted by Crippen LogP contribution is 2.41. The van der Waals surface area contributed by atoms with E-state index in [4.69, 9.17) is 9.26 Å². The van der Waals surface area contributed by atoms with Crippen LogP contribution in [0.1, 0.15) is 17.1 Å². The van der Waals surface area contributed by atoms with E-state index in [0.717, 1.165) is 5.69 Å². The number of aromatic nitrogens is 5. The summed E-state index contributed by atoms with van der Waals surface area (Å²) in [6, 6.07) is 6.34. The number of alkyl halides is 3. The van der Waals surface area contributed by atoms with Crippen molar-refractivity contribution in [1.29, 1.82) is 0 Å². The van der Waals surface area contributed by atoms with Gasteiger partial charge in [0.15, 0.2) is 11.5 Å². The minimum absolute atomic E-state index is 0.0228. The fourth-order valence-electron chi connectivity index (χ4n) is 2.85. The molecule has 0 fully saturated rings. The lowest BCUT2D eigenvalue weighted by Crippen LogP contribution is -2.01. The molecule has 150 valence electrons. The molecular weight excluding hydrogens is 407 g/mol. The van der Waals surface area contributed by atoms with Gasteiger partial charge in [0.05, 0.1) is 29.5 Å². The van der Waals surface area contributed by atoms with E-state index in [-0.39, 0.29) is 34.7 Å². The number of benzene rings is 1. The molecule has 0 saturated carbocycles. The summed E-state index contributed by atoms with van der Waals surface area (Å²) >= 11 is -0.225. The Morgan fingerprint density at radius 1 is 1.24 bits per heavy atom. The third kappa shape index (κ3) is 4.04. The van der Waals surface area contributed by atoms with Crippen molar-refractivity contribution < 1.29 is 22.4 Å². The van der Waals surface area contributed by atoms with Gasteiger partial charge < -0.3 is 9.26 Å². The van der Waals surface area contributed by atoms with Crippen molar-refractivity contribution >= 4 is 17.4 Å². The molecule has 0 amide bonds. The Labute approximate surface area is 166 Å². The summed E-state index contributed by atoms with van der Waals surface area (Å²) < 4.78 is 50.4. The van der Waals surface area contributed by atoms with E-state index in [2.05, 4.69) is 20.2 Å². The van der Waals surface area contributed by atoms with Gasteiger partial charge in [0.25, 0.3) is 5.89 Å². The van der Waals surface area contributed by atoms with Gasteiger partial charge in [-0.25, -0.2) is 9.50 Å². The van der Waals surface area contributed by atoms with Gasteiger partial charge in [-0.05, 0) is 36.4 Å². The molecule has 0 unspecified atom stereocenters. The lowest BCUT2D eigenvalue weighted by Gasteiger charge is -2.11. The average Bonchev–Trinajstić information content (AvgIpc) is 3.31. The van der Waals surface area contributed by atoms with Crippen molar-refractivity contribution in [3.8, 4) is 17.2 Å². The lowest BCUT2D eigenvalue weighted by atomic mass is 10.1. The van der Waals surface area contributed by atoms with Crippen LogP contribution in [0.15, 0.2) is 46.1 Å². The zero-order chi connectivity index (χ0) is 20.6. The highest BCUT2D eigenvalue weighted by molar-refractivity contribution is 8.00. The number of hydrogen-bond acceptors (Lipinski definition) is 7. The van der Waals surface area contributed by atoms with Crippen LogP contribution >= 0.6 is 11.8 Å². The fraction of sp³-hybridized carbons (Fsp3) is 0.222. The van der Waals surface area contributed by atoms with Crippen molar-refractivity contribution in [3.63, 3.8) is 0 Å². The van der Waals surface area contributed by atoms with E-state index in [1.165, 1.54) is 19.2 Å².